The van der Waals surface area contributed by atoms with Crippen molar-refractivity contribution in [1.29, 1.82) is 0 Å². The number of aromatic amines is 1. The number of benzene rings is 1. The fourth-order valence-corrected chi connectivity index (χ4v) is 5.10. The molecule has 3 heterocycles. The van der Waals surface area contributed by atoms with Gasteiger partial charge >= 0.3 is 0 Å². The van der Waals surface area contributed by atoms with Crippen LogP contribution in [0.2, 0.25) is 0 Å². The lowest BCUT2D eigenvalue weighted by molar-refractivity contribution is 0.309. The van der Waals surface area contributed by atoms with Gasteiger partial charge in [-0.2, -0.15) is 0 Å². The largest absolute Gasteiger partial charge is 0.308 e. The number of aromatic nitrogens is 5. The minimum Gasteiger partial charge on any atom is -0.308 e. The Morgan fingerprint density at radius 2 is 2.07 bits per heavy atom. The quantitative estimate of drug-likeness (QED) is 0.659. The number of H-pyrrole nitrogens is 1. The summed E-state index contributed by atoms with van der Waals surface area (Å²) < 4.78 is 27.7. The highest BCUT2D eigenvalue weighted by Crippen LogP contribution is 2.26. The molecule has 160 valence electrons. The van der Waals surface area contributed by atoms with Crippen LogP contribution in [0, 0.1) is 13.8 Å². The molecular weight excluding hydrogens is 404 g/mol. The van der Waals surface area contributed by atoms with Gasteiger partial charge in [-0.15, -0.1) is 5.10 Å². The summed E-state index contributed by atoms with van der Waals surface area (Å²) in [5.74, 6) is 0.393. The molecule has 9 nitrogen and oxygen atoms in total. The molecule has 10 heteroatoms. The molecule has 1 N–H and O–H groups in total. The van der Waals surface area contributed by atoms with Crippen LogP contribution in [0.15, 0.2) is 23.0 Å². The van der Waals surface area contributed by atoms with Crippen LogP contribution in [0.25, 0.3) is 11.2 Å². The number of rotatable bonds is 5. The summed E-state index contributed by atoms with van der Waals surface area (Å²) in [6, 6.07) is 6.20. The molecule has 1 aromatic carbocycles. The third-order valence-corrected chi connectivity index (χ3v) is 7.59. The Hall–Kier alpha value is -2.59. The third-order valence-electron chi connectivity index (χ3n) is 5.75. The van der Waals surface area contributed by atoms with E-state index in [0.717, 1.165) is 29.5 Å². The molecule has 0 radical (unpaired) electrons. The van der Waals surface area contributed by atoms with Crippen LogP contribution in [-0.4, -0.2) is 56.5 Å². The maximum Gasteiger partial charge on any atom is 0.281 e. The molecule has 1 aliphatic rings. The molecule has 0 bridgehead atoms. The first kappa shape index (κ1) is 20.7. The monoisotopic (exact) mass is 430 g/mol. The predicted molar refractivity (Wildman–Crippen MR) is 114 cm³/mol. The molecule has 1 saturated heterocycles. The normalized spacial score (nSPS) is 18.2. The van der Waals surface area contributed by atoms with Crippen LogP contribution in [0.4, 0.5) is 0 Å². The molecule has 1 aliphatic heterocycles. The van der Waals surface area contributed by atoms with E-state index in [9.17, 15) is 13.2 Å². The van der Waals surface area contributed by atoms with Crippen molar-refractivity contribution < 1.29 is 8.42 Å². The van der Waals surface area contributed by atoms with Gasteiger partial charge in [-0.25, -0.2) is 22.4 Å². The second kappa shape index (κ2) is 7.92. The van der Waals surface area contributed by atoms with Crippen LogP contribution in [-0.2, 0) is 16.6 Å². The summed E-state index contributed by atoms with van der Waals surface area (Å²) in [6.07, 6.45) is 1.49. The number of hydrogen-bond acceptors (Lipinski definition) is 6. The van der Waals surface area contributed by atoms with E-state index < -0.39 is 10.0 Å². The second-order valence-electron chi connectivity index (χ2n) is 7.90. The van der Waals surface area contributed by atoms with Gasteiger partial charge in [-0.3, -0.25) is 4.79 Å². The Morgan fingerprint density at radius 3 is 2.83 bits per heavy atom. The van der Waals surface area contributed by atoms with E-state index in [1.807, 2.05) is 13.8 Å². The fourth-order valence-electron chi connectivity index (χ4n) is 3.92. The Morgan fingerprint density at radius 1 is 1.27 bits per heavy atom. The van der Waals surface area contributed by atoms with E-state index in [2.05, 4.69) is 38.5 Å². The number of fused-ring (bicyclic) bond motifs is 1. The maximum atomic E-state index is 12.6. The lowest BCUT2D eigenvalue weighted by Crippen LogP contribution is -2.40. The smallest absolute Gasteiger partial charge is 0.281 e. The van der Waals surface area contributed by atoms with Gasteiger partial charge in [0.1, 0.15) is 5.82 Å². The van der Waals surface area contributed by atoms with Crippen molar-refractivity contribution in [3.8, 4) is 0 Å². The van der Waals surface area contributed by atoms with Crippen LogP contribution in [0.1, 0.15) is 48.2 Å². The van der Waals surface area contributed by atoms with Crippen molar-refractivity contribution in [2.75, 3.05) is 18.8 Å². The molecule has 30 heavy (non-hydrogen) atoms. The Bertz CT molecular complexity index is 1250. The van der Waals surface area contributed by atoms with Gasteiger partial charge in [0.15, 0.2) is 11.2 Å². The molecular formula is C20H26N6O3S. The summed E-state index contributed by atoms with van der Waals surface area (Å²) in [5, 5.41) is 8.17. The number of piperidine rings is 1. The van der Waals surface area contributed by atoms with Crippen molar-refractivity contribution >= 4 is 21.2 Å². The summed E-state index contributed by atoms with van der Waals surface area (Å²) in [5.41, 5.74) is 3.62. The van der Waals surface area contributed by atoms with Crippen LogP contribution >= 0.6 is 0 Å². The standard InChI is InChI=1S/C20H26N6O3S/c1-4-30(28,29)25-9-5-6-15(11-25)18-21-19-17(20(27)22-18)23-24-26(19)12-16-10-13(2)7-8-14(16)3/h7-8,10,15H,4-6,9,11-12H2,1-3H3,(H,21,22,27)/t15-/m0/s1. The lowest BCUT2D eigenvalue weighted by Gasteiger charge is -2.31. The van der Waals surface area contributed by atoms with E-state index in [4.69, 9.17) is 0 Å². The molecule has 0 saturated carbocycles. The molecule has 4 rings (SSSR count). The molecule has 2 aromatic heterocycles. The van der Waals surface area contributed by atoms with Gasteiger partial charge in [-0.05, 0) is 44.7 Å². The number of aryl methyl sites for hydroxylation is 2. The molecule has 0 amide bonds. The van der Waals surface area contributed by atoms with Crippen LogP contribution in [0.3, 0.4) is 0 Å². The summed E-state index contributed by atoms with van der Waals surface area (Å²) >= 11 is 0. The van der Waals surface area contributed by atoms with Gasteiger partial charge in [0.05, 0.1) is 12.3 Å². The maximum absolute atomic E-state index is 12.6. The van der Waals surface area contributed by atoms with Crippen molar-refractivity contribution in [2.24, 2.45) is 0 Å². The Labute approximate surface area is 175 Å². The predicted octanol–water partition coefficient (Wildman–Crippen LogP) is 1.71. The number of sulfonamides is 1. The fraction of sp³-hybridized carbons (Fsp3) is 0.500. The van der Waals surface area contributed by atoms with E-state index in [-0.39, 0.29) is 22.7 Å². The summed E-state index contributed by atoms with van der Waals surface area (Å²) in [4.78, 5) is 20.1. The van der Waals surface area contributed by atoms with Crippen LogP contribution in [0.5, 0.6) is 0 Å². The molecule has 0 aliphatic carbocycles. The van der Waals surface area contributed by atoms with E-state index in [1.54, 1.807) is 11.6 Å². The SMILES string of the molecule is CCS(=O)(=O)N1CCC[C@H](c2nc3c(nnn3Cc3cc(C)ccc3C)c(=O)[nH]2)C1. The highest BCUT2D eigenvalue weighted by Gasteiger charge is 2.30. The van der Waals surface area contributed by atoms with Gasteiger partial charge in [-0.1, -0.05) is 29.0 Å². The van der Waals surface area contributed by atoms with Gasteiger partial charge < -0.3 is 4.98 Å². The highest BCUT2D eigenvalue weighted by atomic mass is 32.2. The zero-order valence-corrected chi connectivity index (χ0v) is 18.2. The molecule has 1 fully saturated rings. The third kappa shape index (κ3) is 3.89. The minimum atomic E-state index is -3.28. The van der Waals surface area contributed by atoms with E-state index >= 15 is 0 Å². The summed E-state index contributed by atoms with van der Waals surface area (Å²) in [7, 11) is -3.28. The Kier molecular flexibility index (Phi) is 5.46. The van der Waals surface area contributed by atoms with Crippen molar-refractivity contribution in [2.45, 2.75) is 46.1 Å². The van der Waals surface area contributed by atoms with Gasteiger partial charge in [0, 0.05) is 19.0 Å². The van der Waals surface area contributed by atoms with Gasteiger partial charge in [0.25, 0.3) is 5.56 Å². The molecule has 3 aromatic rings. The summed E-state index contributed by atoms with van der Waals surface area (Å²) in [6.45, 7) is 6.99. The molecule has 0 unspecified atom stereocenters. The first-order valence-electron chi connectivity index (χ1n) is 10.2. The number of hydrogen-bond donors (Lipinski definition) is 1. The topological polar surface area (TPSA) is 114 Å². The highest BCUT2D eigenvalue weighted by molar-refractivity contribution is 7.89. The van der Waals surface area contributed by atoms with E-state index in [0.29, 0.717) is 31.1 Å². The minimum absolute atomic E-state index is 0.0647. The van der Waals surface area contributed by atoms with Crippen LogP contribution < -0.4 is 5.56 Å². The zero-order valence-electron chi connectivity index (χ0n) is 17.4. The lowest BCUT2D eigenvalue weighted by atomic mass is 9.99. The van der Waals surface area contributed by atoms with E-state index in [1.165, 1.54) is 4.31 Å². The average molecular weight is 431 g/mol. The Balaban J connectivity index is 1.70. The number of nitrogens with one attached hydrogen (secondary N) is 1. The first-order valence-corrected chi connectivity index (χ1v) is 11.8. The molecule has 1 atom stereocenters. The number of nitrogens with zero attached hydrogens (tertiary/aromatic N) is 5. The van der Waals surface area contributed by atoms with Crippen molar-refractivity contribution in [1.82, 2.24) is 29.3 Å². The zero-order chi connectivity index (χ0) is 21.5. The van der Waals surface area contributed by atoms with Crippen molar-refractivity contribution in [3.05, 3.63) is 51.1 Å². The van der Waals surface area contributed by atoms with Gasteiger partial charge in [0.2, 0.25) is 10.0 Å². The average Bonchev–Trinajstić information content (AvgIpc) is 3.14. The molecule has 0 spiro atoms. The second-order valence-corrected chi connectivity index (χ2v) is 10.2. The van der Waals surface area contributed by atoms with Crippen molar-refractivity contribution in [3.63, 3.8) is 0 Å². The first-order chi connectivity index (χ1) is 14.3.